The van der Waals surface area contributed by atoms with Gasteiger partial charge >= 0.3 is 0 Å². The van der Waals surface area contributed by atoms with E-state index in [0.29, 0.717) is 6.42 Å². The zero-order chi connectivity index (χ0) is 30.1. The number of carbonyl (C=O) groups is 2. The van der Waals surface area contributed by atoms with E-state index in [0.717, 1.165) is 48.0 Å². The van der Waals surface area contributed by atoms with Crippen LogP contribution < -0.4 is 9.62 Å². The third kappa shape index (κ3) is 7.52. The molecular formula is C31H36N4O6S. The molecule has 42 heavy (non-hydrogen) atoms. The summed E-state index contributed by atoms with van der Waals surface area (Å²) in [6.07, 6.45) is 5.27. The number of non-ortho nitro benzene ring substituents is 1. The van der Waals surface area contributed by atoms with Crippen molar-refractivity contribution in [1.82, 2.24) is 10.2 Å². The molecule has 0 heterocycles. The molecule has 1 fully saturated rings. The van der Waals surface area contributed by atoms with Gasteiger partial charge in [-0.3, -0.25) is 24.0 Å². The normalized spacial score (nSPS) is 14.5. The fourth-order valence-electron chi connectivity index (χ4n) is 5.25. The number of hydrogen-bond acceptors (Lipinski definition) is 6. The Morgan fingerprint density at radius 3 is 2.21 bits per heavy atom. The van der Waals surface area contributed by atoms with Gasteiger partial charge in [0.25, 0.3) is 15.7 Å². The van der Waals surface area contributed by atoms with E-state index < -0.39 is 33.4 Å². The maximum atomic E-state index is 14.1. The quantitative estimate of drug-likeness (QED) is 0.232. The van der Waals surface area contributed by atoms with Crippen LogP contribution in [0.25, 0.3) is 0 Å². The molecular weight excluding hydrogens is 556 g/mol. The minimum Gasteiger partial charge on any atom is -0.352 e. The first-order valence-electron chi connectivity index (χ1n) is 14.2. The minimum atomic E-state index is -4.31. The fraction of sp³-hybridized carbons (Fsp3) is 0.355. The predicted molar refractivity (Wildman–Crippen MR) is 160 cm³/mol. The van der Waals surface area contributed by atoms with Gasteiger partial charge in [-0.1, -0.05) is 80.8 Å². The number of rotatable bonds is 12. The first-order valence-corrected chi connectivity index (χ1v) is 15.6. The third-order valence-corrected chi connectivity index (χ3v) is 9.26. The van der Waals surface area contributed by atoms with E-state index >= 15 is 0 Å². The van der Waals surface area contributed by atoms with Crippen molar-refractivity contribution >= 4 is 33.2 Å². The summed E-state index contributed by atoms with van der Waals surface area (Å²) < 4.78 is 28.6. The second-order valence-electron chi connectivity index (χ2n) is 10.4. The summed E-state index contributed by atoms with van der Waals surface area (Å²) in [6.45, 7) is 1.25. The lowest BCUT2D eigenvalue weighted by Gasteiger charge is -2.34. The highest BCUT2D eigenvalue weighted by Gasteiger charge is 2.34. The average Bonchev–Trinajstić information content (AvgIpc) is 3.01. The van der Waals surface area contributed by atoms with Crippen molar-refractivity contribution in [3.8, 4) is 0 Å². The standard InChI is InChI=1S/C31H36N4O6S/c1-2-29(31(37)32-25-15-8-4-9-16-25)33(22-24-13-6-3-7-14-24)30(36)23-34(26-17-12-18-27(21-26)35(38)39)42(40,41)28-19-10-5-11-20-28/h3,5-7,10-14,17-21,25,29H,2,4,8-9,15-16,22-23H2,1H3,(H,32,37). The Kier molecular flexibility index (Phi) is 10.3. The van der Waals surface area contributed by atoms with Gasteiger partial charge in [0.05, 0.1) is 15.5 Å². The molecule has 2 amide bonds. The number of nitrogens with one attached hydrogen (secondary N) is 1. The molecule has 10 nitrogen and oxygen atoms in total. The smallest absolute Gasteiger partial charge is 0.271 e. The van der Waals surface area contributed by atoms with Crippen molar-refractivity contribution in [3.63, 3.8) is 0 Å². The number of benzene rings is 3. The number of carbonyl (C=O) groups excluding carboxylic acids is 2. The van der Waals surface area contributed by atoms with Gasteiger partial charge in [0.1, 0.15) is 12.6 Å². The molecule has 1 unspecified atom stereocenters. The average molecular weight is 593 g/mol. The summed E-state index contributed by atoms with van der Waals surface area (Å²) in [7, 11) is -4.31. The number of amides is 2. The lowest BCUT2D eigenvalue weighted by Crippen LogP contribution is -2.54. The van der Waals surface area contributed by atoms with Crippen LogP contribution in [0.3, 0.4) is 0 Å². The maximum Gasteiger partial charge on any atom is 0.271 e. The third-order valence-electron chi connectivity index (χ3n) is 7.47. The van der Waals surface area contributed by atoms with E-state index in [9.17, 15) is 28.1 Å². The van der Waals surface area contributed by atoms with Crippen LogP contribution >= 0.6 is 0 Å². The highest BCUT2D eigenvalue weighted by atomic mass is 32.2. The van der Waals surface area contributed by atoms with Crippen molar-refractivity contribution in [2.24, 2.45) is 0 Å². The van der Waals surface area contributed by atoms with Crippen molar-refractivity contribution in [2.45, 2.75) is 69.0 Å². The Hall–Kier alpha value is -4.25. The molecule has 222 valence electrons. The molecule has 0 spiro atoms. The number of anilines is 1. The van der Waals surface area contributed by atoms with Crippen LogP contribution in [0.1, 0.15) is 51.0 Å². The minimum absolute atomic E-state index is 0.0271. The van der Waals surface area contributed by atoms with Crippen LogP contribution in [-0.4, -0.2) is 48.7 Å². The summed E-state index contributed by atoms with van der Waals surface area (Å²) >= 11 is 0. The van der Waals surface area contributed by atoms with Gasteiger partial charge < -0.3 is 10.2 Å². The van der Waals surface area contributed by atoms with E-state index in [1.165, 1.54) is 35.2 Å². The molecule has 0 aromatic heterocycles. The SMILES string of the molecule is CCC(C(=O)NC1CCCCC1)N(Cc1ccccc1)C(=O)CN(c1cccc([N+](=O)[O-])c1)S(=O)(=O)c1ccccc1. The zero-order valence-electron chi connectivity index (χ0n) is 23.6. The van der Waals surface area contributed by atoms with Crippen LogP contribution in [0.5, 0.6) is 0 Å². The summed E-state index contributed by atoms with van der Waals surface area (Å²) in [4.78, 5) is 39.9. The zero-order valence-corrected chi connectivity index (χ0v) is 24.4. The number of sulfonamides is 1. The number of nitro benzene ring substituents is 1. The Labute approximate surface area is 246 Å². The lowest BCUT2D eigenvalue weighted by molar-refractivity contribution is -0.384. The molecule has 3 aromatic carbocycles. The van der Waals surface area contributed by atoms with E-state index in [2.05, 4.69) is 5.32 Å². The largest absolute Gasteiger partial charge is 0.352 e. The molecule has 11 heteroatoms. The summed E-state index contributed by atoms with van der Waals surface area (Å²) in [6, 6.07) is 21.1. The Bertz CT molecular complexity index is 1480. The van der Waals surface area contributed by atoms with Crippen LogP contribution in [0.4, 0.5) is 11.4 Å². The van der Waals surface area contributed by atoms with Crippen molar-refractivity contribution < 1.29 is 22.9 Å². The van der Waals surface area contributed by atoms with Gasteiger partial charge in [-0.15, -0.1) is 0 Å². The van der Waals surface area contributed by atoms with Gasteiger partial charge in [0, 0.05) is 24.7 Å². The molecule has 0 radical (unpaired) electrons. The highest BCUT2D eigenvalue weighted by molar-refractivity contribution is 7.92. The maximum absolute atomic E-state index is 14.1. The molecule has 0 aliphatic heterocycles. The lowest BCUT2D eigenvalue weighted by atomic mass is 9.95. The summed E-state index contributed by atoms with van der Waals surface area (Å²) in [5.41, 5.74) is 0.441. The molecule has 1 aliphatic rings. The summed E-state index contributed by atoms with van der Waals surface area (Å²) in [5.74, 6) is -0.878. The number of nitro groups is 1. The first kappa shape index (κ1) is 30.7. The van der Waals surface area contributed by atoms with Crippen molar-refractivity contribution in [1.29, 1.82) is 0 Å². The second-order valence-corrected chi connectivity index (χ2v) is 12.2. The van der Waals surface area contributed by atoms with Gasteiger partial charge in [-0.2, -0.15) is 0 Å². The first-order chi connectivity index (χ1) is 20.2. The van der Waals surface area contributed by atoms with E-state index in [4.69, 9.17) is 0 Å². The molecule has 3 aromatic rings. The predicted octanol–water partition coefficient (Wildman–Crippen LogP) is 5.05. The van der Waals surface area contributed by atoms with E-state index in [1.54, 1.807) is 18.2 Å². The number of nitrogens with zero attached hydrogens (tertiary/aromatic N) is 3. The molecule has 1 N–H and O–H groups in total. The van der Waals surface area contributed by atoms with Crippen LogP contribution in [0.2, 0.25) is 0 Å². The van der Waals surface area contributed by atoms with Crippen LogP contribution in [-0.2, 0) is 26.2 Å². The Morgan fingerprint density at radius 2 is 1.60 bits per heavy atom. The van der Waals surface area contributed by atoms with Gasteiger partial charge in [0.15, 0.2) is 0 Å². The molecule has 0 saturated heterocycles. The van der Waals surface area contributed by atoms with Gasteiger partial charge in [-0.05, 0) is 43.0 Å². The molecule has 4 rings (SSSR count). The summed E-state index contributed by atoms with van der Waals surface area (Å²) in [5, 5.41) is 14.6. The van der Waals surface area contributed by atoms with Crippen molar-refractivity contribution in [2.75, 3.05) is 10.8 Å². The van der Waals surface area contributed by atoms with Gasteiger partial charge in [0.2, 0.25) is 11.8 Å². The highest BCUT2D eigenvalue weighted by Crippen LogP contribution is 2.28. The topological polar surface area (TPSA) is 130 Å². The molecule has 1 saturated carbocycles. The molecule has 1 aliphatic carbocycles. The van der Waals surface area contributed by atoms with Crippen LogP contribution in [0, 0.1) is 10.1 Å². The monoisotopic (exact) mass is 592 g/mol. The van der Waals surface area contributed by atoms with Crippen molar-refractivity contribution in [3.05, 3.63) is 101 Å². The van der Waals surface area contributed by atoms with Crippen LogP contribution in [0.15, 0.2) is 89.8 Å². The van der Waals surface area contributed by atoms with E-state index in [1.807, 2.05) is 37.3 Å². The number of hydrogen-bond donors (Lipinski definition) is 1. The Balaban J connectivity index is 1.71. The molecule has 0 bridgehead atoms. The fourth-order valence-corrected chi connectivity index (χ4v) is 6.68. The van der Waals surface area contributed by atoms with Gasteiger partial charge in [-0.25, -0.2) is 8.42 Å². The molecule has 1 atom stereocenters. The van der Waals surface area contributed by atoms with E-state index in [-0.39, 0.29) is 34.8 Å². The Morgan fingerprint density at radius 1 is 0.952 bits per heavy atom. The second kappa shape index (κ2) is 14.1.